The highest BCUT2D eigenvalue weighted by atomic mass is 16.5. The molecule has 0 aromatic heterocycles. The van der Waals surface area contributed by atoms with Crippen LogP contribution in [-0.4, -0.2) is 27.2 Å². The van der Waals surface area contributed by atoms with E-state index in [1.54, 1.807) is 26.2 Å². The number of anilines is 1. The van der Waals surface area contributed by atoms with Crippen LogP contribution in [0.1, 0.15) is 12.0 Å². The Hall–Kier alpha value is -2.49. The SMILES string of the molecule is COc1cc(CCC(=O)N(C)c2ccccc2)cc(OC)c1. The van der Waals surface area contributed by atoms with Crippen LogP contribution in [0.25, 0.3) is 0 Å². The predicted octanol–water partition coefficient (Wildman–Crippen LogP) is 3.30. The third-order valence-corrected chi connectivity index (χ3v) is 3.56. The van der Waals surface area contributed by atoms with E-state index < -0.39 is 0 Å². The summed E-state index contributed by atoms with van der Waals surface area (Å²) in [6.07, 6.45) is 1.07. The molecule has 0 unspecified atom stereocenters. The number of benzene rings is 2. The zero-order chi connectivity index (χ0) is 15.9. The molecule has 2 rings (SSSR count). The summed E-state index contributed by atoms with van der Waals surface area (Å²) < 4.78 is 10.5. The number of hydrogen-bond donors (Lipinski definition) is 0. The minimum atomic E-state index is 0.0768. The molecule has 0 aliphatic carbocycles. The predicted molar refractivity (Wildman–Crippen MR) is 87.7 cm³/mol. The summed E-state index contributed by atoms with van der Waals surface area (Å²) >= 11 is 0. The quantitative estimate of drug-likeness (QED) is 0.821. The molecule has 22 heavy (non-hydrogen) atoms. The number of carbonyl (C=O) groups excluding carboxylic acids is 1. The van der Waals surface area contributed by atoms with Gasteiger partial charge in [-0.3, -0.25) is 4.79 Å². The first-order valence-electron chi connectivity index (χ1n) is 7.17. The lowest BCUT2D eigenvalue weighted by molar-refractivity contribution is -0.118. The third-order valence-electron chi connectivity index (χ3n) is 3.56. The highest BCUT2D eigenvalue weighted by Gasteiger charge is 2.11. The summed E-state index contributed by atoms with van der Waals surface area (Å²) in [7, 11) is 5.03. The number of para-hydroxylation sites is 1. The molecule has 0 radical (unpaired) electrons. The molecule has 2 aromatic carbocycles. The fraction of sp³-hybridized carbons (Fsp3) is 0.278. The van der Waals surface area contributed by atoms with Crippen LogP contribution in [-0.2, 0) is 11.2 Å². The van der Waals surface area contributed by atoms with E-state index in [4.69, 9.17) is 9.47 Å². The second-order valence-electron chi connectivity index (χ2n) is 5.01. The van der Waals surface area contributed by atoms with E-state index in [0.717, 1.165) is 22.7 Å². The van der Waals surface area contributed by atoms with Crippen LogP contribution in [0.15, 0.2) is 48.5 Å². The van der Waals surface area contributed by atoms with Crippen molar-refractivity contribution in [3.8, 4) is 11.5 Å². The van der Waals surface area contributed by atoms with Crippen LogP contribution < -0.4 is 14.4 Å². The number of rotatable bonds is 6. The lowest BCUT2D eigenvalue weighted by atomic mass is 10.1. The van der Waals surface area contributed by atoms with Crippen molar-refractivity contribution in [1.82, 2.24) is 0 Å². The first kappa shape index (κ1) is 15.9. The van der Waals surface area contributed by atoms with Crippen molar-refractivity contribution in [2.45, 2.75) is 12.8 Å². The molecule has 0 fully saturated rings. The fourth-order valence-electron chi connectivity index (χ4n) is 2.23. The summed E-state index contributed by atoms with van der Waals surface area (Å²) in [5.74, 6) is 1.55. The Balaban J connectivity index is 2.02. The van der Waals surface area contributed by atoms with Gasteiger partial charge >= 0.3 is 0 Å². The molecule has 0 saturated heterocycles. The molecule has 0 aliphatic rings. The van der Waals surface area contributed by atoms with Gasteiger partial charge in [0.15, 0.2) is 0 Å². The van der Waals surface area contributed by atoms with E-state index >= 15 is 0 Å². The summed E-state index contributed by atoms with van der Waals surface area (Å²) in [6.45, 7) is 0. The Labute approximate surface area is 131 Å². The Bertz CT molecular complexity index is 603. The molecular weight excluding hydrogens is 278 g/mol. The number of nitrogens with zero attached hydrogens (tertiary/aromatic N) is 1. The monoisotopic (exact) mass is 299 g/mol. The van der Waals surface area contributed by atoms with E-state index in [0.29, 0.717) is 12.8 Å². The van der Waals surface area contributed by atoms with E-state index in [9.17, 15) is 4.79 Å². The molecule has 4 heteroatoms. The minimum Gasteiger partial charge on any atom is -0.497 e. The number of amides is 1. The molecule has 4 nitrogen and oxygen atoms in total. The van der Waals surface area contributed by atoms with Crippen molar-refractivity contribution in [1.29, 1.82) is 0 Å². The molecule has 0 aliphatic heterocycles. The molecule has 0 N–H and O–H groups in total. The Morgan fingerprint density at radius 2 is 1.59 bits per heavy atom. The number of hydrogen-bond acceptors (Lipinski definition) is 3. The minimum absolute atomic E-state index is 0.0768. The first-order valence-corrected chi connectivity index (χ1v) is 7.17. The van der Waals surface area contributed by atoms with Crippen LogP contribution in [0.2, 0.25) is 0 Å². The average Bonchev–Trinajstić information content (AvgIpc) is 2.59. The molecule has 0 spiro atoms. The highest BCUT2D eigenvalue weighted by Crippen LogP contribution is 2.23. The number of methoxy groups -OCH3 is 2. The molecular formula is C18H21NO3. The summed E-state index contributed by atoms with van der Waals surface area (Å²) in [5, 5.41) is 0. The molecule has 0 bridgehead atoms. The molecule has 0 heterocycles. The number of ether oxygens (including phenoxy) is 2. The van der Waals surface area contributed by atoms with Gasteiger partial charge < -0.3 is 14.4 Å². The van der Waals surface area contributed by atoms with Crippen LogP contribution >= 0.6 is 0 Å². The molecule has 0 atom stereocenters. The van der Waals surface area contributed by atoms with Crippen molar-refractivity contribution in [2.24, 2.45) is 0 Å². The van der Waals surface area contributed by atoms with Crippen molar-refractivity contribution in [2.75, 3.05) is 26.2 Å². The van der Waals surface area contributed by atoms with Crippen molar-refractivity contribution >= 4 is 11.6 Å². The Morgan fingerprint density at radius 1 is 1.00 bits per heavy atom. The van der Waals surface area contributed by atoms with E-state index in [1.807, 2.05) is 48.5 Å². The average molecular weight is 299 g/mol. The second-order valence-corrected chi connectivity index (χ2v) is 5.01. The van der Waals surface area contributed by atoms with Gasteiger partial charge in [-0.15, -0.1) is 0 Å². The van der Waals surface area contributed by atoms with Gasteiger partial charge in [-0.05, 0) is 36.2 Å². The zero-order valence-corrected chi connectivity index (χ0v) is 13.2. The Morgan fingerprint density at radius 3 is 2.14 bits per heavy atom. The van der Waals surface area contributed by atoms with E-state index in [-0.39, 0.29) is 5.91 Å². The van der Waals surface area contributed by atoms with Crippen LogP contribution in [0.4, 0.5) is 5.69 Å². The van der Waals surface area contributed by atoms with Crippen molar-refractivity contribution in [3.63, 3.8) is 0 Å². The summed E-state index contributed by atoms with van der Waals surface area (Å²) in [4.78, 5) is 14.0. The number of aryl methyl sites for hydroxylation is 1. The molecule has 0 saturated carbocycles. The smallest absolute Gasteiger partial charge is 0.227 e. The lowest BCUT2D eigenvalue weighted by Crippen LogP contribution is -2.26. The topological polar surface area (TPSA) is 38.8 Å². The summed E-state index contributed by atoms with van der Waals surface area (Å²) in [6, 6.07) is 15.3. The van der Waals surface area contributed by atoms with E-state index in [2.05, 4.69) is 0 Å². The van der Waals surface area contributed by atoms with E-state index in [1.165, 1.54) is 0 Å². The van der Waals surface area contributed by atoms with Crippen LogP contribution in [0.5, 0.6) is 11.5 Å². The highest BCUT2D eigenvalue weighted by molar-refractivity contribution is 5.92. The van der Waals surface area contributed by atoms with Gasteiger partial charge in [0.05, 0.1) is 14.2 Å². The second kappa shape index (κ2) is 7.50. The maximum Gasteiger partial charge on any atom is 0.227 e. The van der Waals surface area contributed by atoms with Crippen molar-refractivity contribution < 1.29 is 14.3 Å². The largest absolute Gasteiger partial charge is 0.497 e. The van der Waals surface area contributed by atoms with Gasteiger partial charge in [0.2, 0.25) is 5.91 Å². The fourth-order valence-corrected chi connectivity index (χ4v) is 2.23. The zero-order valence-electron chi connectivity index (χ0n) is 13.2. The normalized spacial score (nSPS) is 10.1. The van der Waals surface area contributed by atoms with Crippen molar-refractivity contribution in [3.05, 3.63) is 54.1 Å². The maximum absolute atomic E-state index is 12.3. The van der Waals surface area contributed by atoms with Crippen LogP contribution in [0.3, 0.4) is 0 Å². The molecule has 116 valence electrons. The van der Waals surface area contributed by atoms with Gasteiger partial charge in [0.1, 0.15) is 11.5 Å². The van der Waals surface area contributed by atoms with Gasteiger partial charge in [0, 0.05) is 25.2 Å². The third kappa shape index (κ3) is 4.01. The maximum atomic E-state index is 12.3. The molecule has 1 amide bonds. The lowest BCUT2D eigenvalue weighted by Gasteiger charge is -2.17. The van der Waals surface area contributed by atoms with Gasteiger partial charge in [0.25, 0.3) is 0 Å². The standard InChI is InChI=1S/C18H21NO3/c1-19(15-7-5-4-6-8-15)18(20)10-9-14-11-16(21-2)13-17(12-14)22-3/h4-8,11-13H,9-10H2,1-3H3. The van der Waals surface area contributed by atoms with Gasteiger partial charge in [-0.2, -0.15) is 0 Å². The Kier molecular flexibility index (Phi) is 5.42. The summed E-state index contributed by atoms with van der Waals surface area (Å²) in [5.41, 5.74) is 1.92. The van der Waals surface area contributed by atoms with Gasteiger partial charge in [-0.25, -0.2) is 0 Å². The van der Waals surface area contributed by atoms with Gasteiger partial charge in [-0.1, -0.05) is 18.2 Å². The van der Waals surface area contributed by atoms with Crippen LogP contribution in [0, 0.1) is 0 Å². The number of carbonyl (C=O) groups is 1. The molecule has 2 aromatic rings. The first-order chi connectivity index (χ1) is 10.6.